The van der Waals surface area contributed by atoms with Crippen molar-refractivity contribution >= 4 is 11.6 Å². The van der Waals surface area contributed by atoms with Crippen molar-refractivity contribution in [3.8, 4) is 0 Å². The van der Waals surface area contributed by atoms with Crippen LogP contribution in [0, 0.1) is 5.92 Å². The van der Waals surface area contributed by atoms with Gasteiger partial charge in [0.15, 0.2) is 0 Å². The molecule has 1 aliphatic rings. The van der Waals surface area contributed by atoms with E-state index >= 15 is 0 Å². The first kappa shape index (κ1) is 16.2. The van der Waals surface area contributed by atoms with Crippen LogP contribution in [-0.2, 0) is 4.79 Å². The van der Waals surface area contributed by atoms with E-state index in [1.165, 1.54) is 5.56 Å². The van der Waals surface area contributed by atoms with Crippen molar-refractivity contribution in [1.82, 2.24) is 10.4 Å². The predicted octanol–water partition coefficient (Wildman–Crippen LogP) is 3.75. The average Bonchev–Trinajstić information content (AvgIpc) is 3.51. The van der Waals surface area contributed by atoms with Gasteiger partial charge in [-0.3, -0.25) is 9.78 Å². The zero-order chi connectivity index (χ0) is 17.8. The molecule has 4 nitrogen and oxygen atoms in total. The summed E-state index contributed by atoms with van der Waals surface area (Å²) in [5.41, 5.74) is 6.59. The molecular formula is C22H19N3O. The van der Waals surface area contributed by atoms with E-state index in [1.807, 2.05) is 60.7 Å². The van der Waals surface area contributed by atoms with Crippen molar-refractivity contribution in [2.75, 3.05) is 0 Å². The third-order valence-electron chi connectivity index (χ3n) is 4.63. The molecule has 2 unspecified atom stereocenters. The topological polar surface area (TPSA) is 54.4 Å². The Labute approximate surface area is 152 Å². The molecule has 0 spiro atoms. The van der Waals surface area contributed by atoms with Gasteiger partial charge in [-0.25, -0.2) is 5.43 Å². The second-order valence-corrected chi connectivity index (χ2v) is 6.40. The smallest absolute Gasteiger partial charge is 0.243 e. The van der Waals surface area contributed by atoms with Gasteiger partial charge in [0, 0.05) is 29.4 Å². The molecule has 1 saturated carbocycles. The molecule has 0 bridgehead atoms. The number of carbonyl (C=O) groups is 1. The zero-order valence-corrected chi connectivity index (χ0v) is 14.2. The van der Waals surface area contributed by atoms with Crippen LogP contribution in [0.5, 0.6) is 0 Å². The second-order valence-electron chi connectivity index (χ2n) is 6.40. The summed E-state index contributed by atoms with van der Waals surface area (Å²) in [4.78, 5) is 16.6. The van der Waals surface area contributed by atoms with E-state index in [0.717, 1.165) is 23.3 Å². The first-order valence-electron chi connectivity index (χ1n) is 8.71. The van der Waals surface area contributed by atoms with Crippen LogP contribution in [0.1, 0.15) is 29.0 Å². The number of hydrogen-bond acceptors (Lipinski definition) is 3. The summed E-state index contributed by atoms with van der Waals surface area (Å²) < 4.78 is 0. The molecule has 3 aromatic rings. The van der Waals surface area contributed by atoms with Crippen molar-refractivity contribution in [3.05, 3.63) is 102 Å². The quantitative estimate of drug-likeness (QED) is 0.567. The van der Waals surface area contributed by atoms with Gasteiger partial charge < -0.3 is 0 Å². The lowest BCUT2D eigenvalue weighted by Crippen LogP contribution is -2.22. The summed E-state index contributed by atoms with van der Waals surface area (Å²) in [7, 11) is 0. The fourth-order valence-corrected chi connectivity index (χ4v) is 3.15. The Balaban J connectivity index is 1.52. The number of aromatic nitrogens is 1. The Kier molecular flexibility index (Phi) is 4.56. The minimum absolute atomic E-state index is 0.00406. The van der Waals surface area contributed by atoms with Crippen LogP contribution >= 0.6 is 0 Å². The van der Waals surface area contributed by atoms with Crippen LogP contribution in [0.4, 0.5) is 0 Å². The number of nitrogens with one attached hydrogen (secondary N) is 1. The fraction of sp³-hybridized carbons (Fsp3) is 0.136. The van der Waals surface area contributed by atoms with Crippen molar-refractivity contribution in [2.45, 2.75) is 12.3 Å². The lowest BCUT2D eigenvalue weighted by Gasteiger charge is -2.08. The second kappa shape index (κ2) is 7.31. The lowest BCUT2D eigenvalue weighted by molar-refractivity contribution is -0.122. The maximum Gasteiger partial charge on any atom is 0.243 e. The van der Waals surface area contributed by atoms with Gasteiger partial charge in [-0.05, 0) is 30.0 Å². The van der Waals surface area contributed by atoms with E-state index in [9.17, 15) is 4.79 Å². The van der Waals surface area contributed by atoms with Gasteiger partial charge in [0.2, 0.25) is 5.91 Å². The molecule has 4 rings (SSSR count). The Morgan fingerprint density at radius 3 is 2.19 bits per heavy atom. The van der Waals surface area contributed by atoms with Crippen LogP contribution in [0.2, 0.25) is 0 Å². The monoisotopic (exact) mass is 341 g/mol. The van der Waals surface area contributed by atoms with Crippen LogP contribution in [-0.4, -0.2) is 16.6 Å². The third-order valence-corrected chi connectivity index (χ3v) is 4.63. The number of benzene rings is 2. The molecule has 0 saturated heterocycles. The molecule has 2 atom stereocenters. The predicted molar refractivity (Wildman–Crippen MR) is 102 cm³/mol. The molecule has 0 radical (unpaired) electrons. The SMILES string of the molecule is O=C(N/N=C(\c1ccccc1)c1ccncc1)C1CC1c1ccccc1. The van der Waals surface area contributed by atoms with Crippen LogP contribution in [0.25, 0.3) is 0 Å². The van der Waals surface area contributed by atoms with Gasteiger partial charge in [-0.1, -0.05) is 60.7 Å². The highest BCUT2D eigenvalue weighted by Crippen LogP contribution is 2.47. The van der Waals surface area contributed by atoms with Gasteiger partial charge in [0.25, 0.3) is 0 Å². The summed E-state index contributed by atoms with van der Waals surface area (Å²) in [5.74, 6) is 0.268. The lowest BCUT2D eigenvalue weighted by atomic mass is 10.0. The molecule has 1 fully saturated rings. The summed E-state index contributed by atoms with van der Waals surface area (Å²) in [6.45, 7) is 0. The highest BCUT2D eigenvalue weighted by molar-refractivity contribution is 6.13. The highest BCUT2D eigenvalue weighted by Gasteiger charge is 2.43. The Hall–Kier alpha value is -3.27. The van der Waals surface area contributed by atoms with E-state index in [1.54, 1.807) is 12.4 Å². The minimum Gasteiger partial charge on any atom is -0.273 e. The van der Waals surface area contributed by atoms with E-state index in [4.69, 9.17) is 0 Å². The van der Waals surface area contributed by atoms with E-state index in [-0.39, 0.29) is 11.8 Å². The number of amides is 1. The van der Waals surface area contributed by atoms with Crippen LogP contribution in [0.3, 0.4) is 0 Å². The van der Waals surface area contributed by atoms with Crippen molar-refractivity contribution in [2.24, 2.45) is 11.0 Å². The van der Waals surface area contributed by atoms with Gasteiger partial charge in [0.05, 0.1) is 5.71 Å². The Morgan fingerprint density at radius 1 is 0.885 bits per heavy atom. The maximum atomic E-state index is 12.5. The van der Waals surface area contributed by atoms with Crippen LogP contribution < -0.4 is 5.43 Å². The first-order valence-corrected chi connectivity index (χ1v) is 8.71. The molecule has 0 aliphatic heterocycles. The summed E-state index contributed by atoms with van der Waals surface area (Å²) in [6.07, 6.45) is 4.32. The minimum atomic E-state index is -0.0265. The average molecular weight is 341 g/mol. The zero-order valence-electron chi connectivity index (χ0n) is 14.2. The Bertz CT molecular complexity index is 866. The van der Waals surface area contributed by atoms with Crippen molar-refractivity contribution in [1.29, 1.82) is 0 Å². The van der Waals surface area contributed by atoms with Crippen molar-refractivity contribution in [3.63, 3.8) is 0 Å². The van der Waals surface area contributed by atoms with Crippen molar-refractivity contribution < 1.29 is 4.79 Å². The normalized spacial score (nSPS) is 19.0. The molecule has 26 heavy (non-hydrogen) atoms. The molecule has 2 aromatic carbocycles. The van der Waals surface area contributed by atoms with Gasteiger partial charge in [-0.15, -0.1) is 0 Å². The largest absolute Gasteiger partial charge is 0.273 e. The highest BCUT2D eigenvalue weighted by atomic mass is 16.2. The molecule has 128 valence electrons. The van der Waals surface area contributed by atoms with Gasteiger partial charge in [-0.2, -0.15) is 5.10 Å². The molecule has 1 heterocycles. The van der Waals surface area contributed by atoms with Gasteiger partial charge in [0.1, 0.15) is 0 Å². The van der Waals surface area contributed by atoms with E-state index in [2.05, 4.69) is 27.6 Å². The maximum absolute atomic E-state index is 12.5. The molecule has 4 heteroatoms. The molecule has 1 aromatic heterocycles. The van der Waals surface area contributed by atoms with E-state index < -0.39 is 0 Å². The first-order chi connectivity index (χ1) is 12.8. The molecular weight excluding hydrogens is 322 g/mol. The number of nitrogens with zero attached hydrogens (tertiary/aromatic N) is 2. The van der Waals surface area contributed by atoms with Crippen LogP contribution in [0.15, 0.2) is 90.3 Å². The number of pyridine rings is 1. The molecule has 1 amide bonds. The summed E-state index contributed by atoms with van der Waals surface area (Å²) in [5, 5.41) is 4.44. The molecule has 1 N–H and O–H groups in total. The number of carbonyl (C=O) groups excluding carboxylic acids is 1. The standard InChI is InChI=1S/C22H19N3O/c26-22(20-15-19(20)16-7-3-1-4-8-16)25-24-21(17-9-5-2-6-10-17)18-11-13-23-14-12-18/h1-14,19-20H,15H2,(H,25,26)/b24-21+. The van der Waals surface area contributed by atoms with E-state index in [0.29, 0.717) is 5.92 Å². The number of hydrazone groups is 1. The van der Waals surface area contributed by atoms with Gasteiger partial charge >= 0.3 is 0 Å². The summed E-state index contributed by atoms with van der Waals surface area (Å²) >= 11 is 0. The third kappa shape index (κ3) is 3.54. The number of hydrogen-bond donors (Lipinski definition) is 1. The fourth-order valence-electron chi connectivity index (χ4n) is 3.15. The summed E-state index contributed by atoms with van der Waals surface area (Å²) in [6, 6.07) is 23.8. The number of rotatable bonds is 5. The Morgan fingerprint density at radius 2 is 1.50 bits per heavy atom. The molecule has 1 aliphatic carbocycles.